The fourth-order valence-corrected chi connectivity index (χ4v) is 3.29. The highest BCUT2D eigenvalue weighted by Crippen LogP contribution is 2.39. The quantitative estimate of drug-likeness (QED) is 0.489. The summed E-state index contributed by atoms with van der Waals surface area (Å²) in [7, 11) is 0. The molecule has 1 N–H and O–H groups in total. The lowest BCUT2D eigenvalue weighted by Gasteiger charge is -2.13. The Kier molecular flexibility index (Phi) is 4.47. The number of hydrogen-bond acceptors (Lipinski definition) is 6. The molecule has 2 aromatic carbocycles. The molecule has 0 spiro atoms. The van der Waals surface area contributed by atoms with E-state index in [1.165, 1.54) is 12.1 Å². The lowest BCUT2D eigenvalue weighted by molar-refractivity contribution is -0.385. The summed E-state index contributed by atoms with van der Waals surface area (Å²) in [5.74, 6) is -1.05. The van der Waals surface area contributed by atoms with Crippen molar-refractivity contribution in [1.82, 2.24) is 0 Å². The molecule has 1 heterocycles. The van der Waals surface area contributed by atoms with E-state index in [0.717, 1.165) is 17.0 Å². The van der Waals surface area contributed by atoms with Crippen molar-refractivity contribution in [3.8, 4) is 5.75 Å². The number of thioether (sulfide) groups is 1. The van der Waals surface area contributed by atoms with E-state index in [1.54, 1.807) is 24.3 Å². The van der Waals surface area contributed by atoms with Crippen molar-refractivity contribution >= 4 is 52.0 Å². The van der Waals surface area contributed by atoms with E-state index in [9.17, 15) is 24.8 Å². The minimum absolute atomic E-state index is 0.102. The van der Waals surface area contributed by atoms with Crippen molar-refractivity contribution in [3.63, 3.8) is 0 Å². The monoisotopic (exact) mass is 376 g/mol. The topological polar surface area (TPSA) is 101 Å². The molecule has 0 bridgehead atoms. The molecule has 2 aromatic rings. The van der Waals surface area contributed by atoms with E-state index < -0.39 is 27.5 Å². The molecule has 2 amide bonds. The first-order valence-corrected chi connectivity index (χ1v) is 8.08. The van der Waals surface area contributed by atoms with E-state index in [-0.39, 0.29) is 15.6 Å². The molecule has 1 aliphatic heterocycles. The van der Waals surface area contributed by atoms with E-state index in [0.29, 0.717) is 17.3 Å². The largest absolute Gasteiger partial charge is 0.502 e. The van der Waals surface area contributed by atoms with Gasteiger partial charge in [-0.15, -0.1) is 0 Å². The van der Waals surface area contributed by atoms with Gasteiger partial charge in [-0.1, -0.05) is 29.8 Å². The summed E-state index contributed by atoms with van der Waals surface area (Å²) < 4.78 is 0. The second-order valence-electron chi connectivity index (χ2n) is 4.97. The van der Waals surface area contributed by atoms with Crippen LogP contribution in [-0.2, 0) is 4.79 Å². The number of nitro groups is 1. The van der Waals surface area contributed by atoms with Crippen molar-refractivity contribution < 1.29 is 19.6 Å². The lowest BCUT2D eigenvalue weighted by atomic mass is 10.1. The zero-order valence-corrected chi connectivity index (χ0v) is 14.0. The highest BCUT2D eigenvalue weighted by molar-refractivity contribution is 8.19. The Balaban J connectivity index is 1.98. The molecule has 0 unspecified atom stereocenters. The van der Waals surface area contributed by atoms with Crippen LogP contribution < -0.4 is 4.90 Å². The normalized spacial score (nSPS) is 15.9. The number of halogens is 1. The molecule has 1 saturated heterocycles. The van der Waals surface area contributed by atoms with Gasteiger partial charge < -0.3 is 5.11 Å². The molecular weight excluding hydrogens is 368 g/mol. The number of para-hydroxylation sites is 1. The third kappa shape index (κ3) is 3.21. The van der Waals surface area contributed by atoms with Crippen LogP contribution in [0.2, 0.25) is 5.02 Å². The molecule has 1 fully saturated rings. The van der Waals surface area contributed by atoms with Gasteiger partial charge in [0, 0.05) is 6.07 Å². The van der Waals surface area contributed by atoms with E-state index in [2.05, 4.69) is 0 Å². The maximum Gasteiger partial charge on any atom is 0.311 e. The predicted octanol–water partition coefficient (Wildman–Crippen LogP) is 4.19. The third-order valence-electron chi connectivity index (χ3n) is 3.38. The Labute approximate surface area is 150 Å². The molecule has 25 heavy (non-hydrogen) atoms. The standard InChI is InChI=1S/C16H9ClN2O5S/c17-10-3-1-2-4-11(10)18-15(21)14(25-16(18)22)8-9-5-6-13(20)12(7-9)19(23)24/h1-8,20H. The highest BCUT2D eigenvalue weighted by Gasteiger charge is 2.37. The van der Waals surface area contributed by atoms with Crippen molar-refractivity contribution in [2.75, 3.05) is 4.90 Å². The number of anilines is 1. The number of benzene rings is 2. The molecule has 0 aliphatic carbocycles. The molecule has 0 saturated carbocycles. The summed E-state index contributed by atoms with van der Waals surface area (Å²) >= 11 is 6.74. The highest BCUT2D eigenvalue weighted by atomic mass is 35.5. The van der Waals surface area contributed by atoms with Gasteiger partial charge in [0.2, 0.25) is 0 Å². The fraction of sp³-hybridized carbons (Fsp3) is 0. The number of carbonyl (C=O) groups excluding carboxylic acids is 2. The van der Waals surface area contributed by atoms with Gasteiger partial charge in [-0.2, -0.15) is 0 Å². The van der Waals surface area contributed by atoms with E-state index >= 15 is 0 Å². The van der Waals surface area contributed by atoms with E-state index in [1.807, 2.05) is 0 Å². The molecule has 3 rings (SSSR count). The Morgan fingerprint density at radius 2 is 1.92 bits per heavy atom. The van der Waals surface area contributed by atoms with Gasteiger partial charge in [0.25, 0.3) is 11.1 Å². The second kappa shape index (κ2) is 6.58. The van der Waals surface area contributed by atoms with Crippen LogP contribution in [0.5, 0.6) is 5.75 Å². The average Bonchev–Trinajstić information content (AvgIpc) is 2.84. The molecule has 1 aliphatic rings. The number of imide groups is 1. The molecule has 9 heteroatoms. The van der Waals surface area contributed by atoms with Crippen LogP contribution in [-0.4, -0.2) is 21.2 Å². The maximum atomic E-state index is 12.5. The molecule has 126 valence electrons. The number of carbonyl (C=O) groups is 2. The molecule has 7 nitrogen and oxygen atoms in total. The fourth-order valence-electron chi connectivity index (χ4n) is 2.24. The number of hydrogen-bond donors (Lipinski definition) is 1. The minimum Gasteiger partial charge on any atom is -0.502 e. The summed E-state index contributed by atoms with van der Waals surface area (Å²) in [5, 5.41) is 20.1. The van der Waals surface area contributed by atoms with Gasteiger partial charge in [-0.25, -0.2) is 4.90 Å². The van der Waals surface area contributed by atoms with Crippen molar-refractivity contribution in [3.05, 3.63) is 68.1 Å². The van der Waals surface area contributed by atoms with Gasteiger partial charge in [-0.05, 0) is 41.6 Å². The minimum atomic E-state index is -0.734. The number of aromatic hydroxyl groups is 1. The molecule has 0 aromatic heterocycles. The summed E-state index contributed by atoms with van der Waals surface area (Å²) in [6.45, 7) is 0. The summed E-state index contributed by atoms with van der Waals surface area (Å²) in [4.78, 5) is 35.9. The zero-order chi connectivity index (χ0) is 18.1. The average molecular weight is 377 g/mol. The van der Waals surface area contributed by atoms with Crippen LogP contribution in [0.4, 0.5) is 16.2 Å². The number of nitrogens with zero attached hydrogens (tertiary/aromatic N) is 2. The SMILES string of the molecule is O=C1SC(=Cc2ccc(O)c([N+](=O)[O-])c2)C(=O)N1c1ccccc1Cl. The number of phenols is 1. The Morgan fingerprint density at radius 3 is 2.60 bits per heavy atom. The molecule has 0 radical (unpaired) electrons. The first-order chi connectivity index (χ1) is 11.9. The third-order valence-corrected chi connectivity index (χ3v) is 4.57. The van der Waals surface area contributed by atoms with Gasteiger partial charge in [0.1, 0.15) is 0 Å². The molecular formula is C16H9ClN2O5S. The zero-order valence-electron chi connectivity index (χ0n) is 12.4. The lowest BCUT2D eigenvalue weighted by Crippen LogP contribution is -2.27. The predicted molar refractivity (Wildman–Crippen MR) is 94.7 cm³/mol. The van der Waals surface area contributed by atoms with Gasteiger partial charge >= 0.3 is 5.69 Å². The van der Waals surface area contributed by atoms with E-state index in [4.69, 9.17) is 11.6 Å². The van der Waals surface area contributed by atoms with Crippen LogP contribution in [0, 0.1) is 10.1 Å². The van der Waals surface area contributed by atoms with Gasteiger partial charge in [0.05, 0.1) is 20.5 Å². The first kappa shape index (κ1) is 17.0. The maximum absolute atomic E-state index is 12.5. The Hall–Kier alpha value is -2.84. The Bertz CT molecular complexity index is 944. The first-order valence-electron chi connectivity index (χ1n) is 6.88. The smallest absolute Gasteiger partial charge is 0.311 e. The summed E-state index contributed by atoms with van der Waals surface area (Å²) in [6, 6.07) is 10.1. The summed E-state index contributed by atoms with van der Waals surface area (Å²) in [5.41, 5.74) is 0.0972. The van der Waals surface area contributed by atoms with Crippen LogP contribution in [0.25, 0.3) is 6.08 Å². The second-order valence-corrected chi connectivity index (χ2v) is 6.37. The van der Waals surface area contributed by atoms with Crippen LogP contribution in [0.1, 0.15) is 5.56 Å². The van der Waals surface area contributed by atoms with Crippen molar-refractivity contribution in [1.29, 1.82) is 0 Å². The van der Waals surface area contributed by atoms with Crippen molar-refractivity contribution in [2.24, 2.45) is 0 Å². The number of amides is 2. The van der Waals surface area contributed by atoms with Crippen LogP contribution in [0.3, 0.4) is 0 Å². The van der Waals surface area contributed by atoms with Gasteiger partial charge in [-0.3, -0.25) is 19.7 Å². The number of phenolic OH excluding ortho intramolecular Hbond substituents is 1. The molecule has 0 atom stereocenters. The van der Waals surface area contributed by atoms with Crippen LogP contribution in [0.15, 0.2) is 47.4 Å². The Morgan fingerprint density at radius 1 is 1.20 bits per heavy atom. The number of nitro benzene ring substituents is 1. The summed E-state index contributed by atoms with van der Waals surface area (Å²) in [6.07, 6.45) is 1.36. The van der Waals surface area contributed by atoms with Crippen molar-refractivity contribution in [2.45, 2.75) is 0 Å². The van der Waals surface area contributed by atoms with Gasteiger partial charge in [0.15, 0.2) is 5.75 Å². The van der Waals surface area contributed by atoms with Crippen LogP contribution >= 0.6 is 23.4 Å². The number of rotatable bonds is 3.